The van der Waals surface area contributed by atoms with Gasteiger partial charge in [0.1, 0.15) is 5.82 Å². The van der Waals surface area contributed by atoms with Gasteiger partial charge in [-0.1, -0.05) is 49.8 Å². The van der Waals surface area contributed by atoms with Crippen LogP contribution in [0, 0.1) is 24.6 Å². The van der Waals surface area contributed by atoms with E-state index in [0.29, 0.717) is 44.8 Å². The number of carbonyl (C=O) groups excluding carboxylic acids is 2. The number of aliphatic hydroxyl groups is 1. The minimum atomic E-state index is -1.43. The smallest absolute Gasteiger partial charge is 0.317 e. The topological polar surface area (TPSA) is 93.7 Å². The van der Waals surface area contributed by atoms with Crippen LogP contribution >= 0.6 is 0 Å². The Morgan fingerprint density at radius 2 is 1.95 bits per heavy atom. The fourth-order valence-electron chi connectivity index (χ4n) is 6.23. The van der Waals surface area contributed by atoms with Gasteiger partial charge in [-0.15, -0.1) is 0 Å². The van der Waals surface area contributed by atoms with Crippen LogP contribution in [0.25, 0.3) is 0 Å². The molecule has 2 aliphatic rings. The predicted octanol–water partition coefficient (Wildman–Crippen LogP) is 4.22. The first-order valence-corrected chi connectivity index (χ1v) is 14.2. The van der Waals surface area contributed by atoms with Crippen LogP contribution in [0.1, 0.15) is 82.3 Å². The molecule has 208 valence electrons. The van der Waals surface area contributed by atoms with Gasteiger partial charge in [-0.25, -0.2) is 9.18 Å². The average Bonchev–Trinajstić information content (AvgIpc) is 2.88. The molecular weight excluding hydrogens is 471 g/mol. The Labute approximate surface area is 222 Å². The van der Waals surface area contributed by atoms with Gasteiger partial charge in [-0.2, -0.15) is 0 Å². The first kappa shape index (κ1) is 29.4. The van der Waals surface area contributed by atoms with E-state index in [2.05, 4.69) is 16.0 Å². The van der Waals surface area contributed by atoms with Crippen molar-refractivity contribution in [3.05, 3.63) is 35.1 Å². The summed E-state index contributed by atoms with van der Waals surface area (Å²) in [5, 5.41) is 21.3. The minimum absolute atomic E-state index is 0.0618. The number of likely N-dealkylation sites (N-methyl/N-ethyl adjacent to an activating group) is 1. The fourth-order valence-corrected chi connectivity index (χ4v) is 6.23. The molecule has 0 radical (unpaired) electrons. The Hall–Kier alpha value is -2.19. The third-order valence-corrected chi connectivity index (χ3v) is 8.20. The third-order valence-electron chi connectivity index (χ3n) is 8.20. The lowest BCUT2D eigenvalue weighted by Crippen LogP contribution is -2.54. The molecule has 2 fully saturated rings. The molecule has 3 amide bonds. The maximum atomic E-state index is 15.1. The van der Waals surface area contributed by atoms with E-state index in [1.54, 1.807) is 17.0 Å². The lowest BCUT2D eigenvalue weighted by molar-refractivity contribution is -0.119. The SMILES string of the molecule is CNCC(CC1CCCCC1)NC(=O)N1CCCC(C(O)(CCCNC(C)=O)c2cc(C)ccc2F)C1. The molecule has 1 aliphatic carbocycles. The Bertz CT molecular complexity index is 892. The molecule has 1 heterocycles. The van der Waals surface area contributed by atoms with E-state index in [9.17, 15) is 14.7 Å². The van der Waals surface area contributed by atoms with Crippen molar-refractivity contribution in [3.8, 4) is 0 Å². The average molecular weight is 519 g/mol. The molecule has 3 unspecified atom stereocenters. The summed E-state index contributed by atoms with van der Waals surface area (Å²) in [6, 6.07) is 4.79. The van der Waals surface area contributed by atoms with Crippen molar-refractivity contribution < 1.29 is 19.1 Å². The zero-order valence-electron chi connectivity index (χ0n) is 23.0. The summed E-state index contributed by atoms with van der Waals surface area (Å²) in [7, 11) is 1.91. The second kappa shape index (κ2) is 14.1. The van der Waals surface area contributed by atoms with E-state index in [4.69, 9.17) is 0 Å². The van der Waals surface area contributed by atoms with Crippen molar-refractivity contribution >= 4 is 11.9 Å². The number of hydrogen-bond donors (Lipinski definition) is 4. The summed E-state index contributed by atoms with van der Waals surface area (Å²) in [4.78, 5) is 26.5. The Kier molecular flexibility index (Phi) is 11.2. The molecule has 1 saturated heterocycles. The number of hydrogen-bond acceptors (Lipinski definition) is 4. The highest BCUT2D eigenvalue weighted by Gasteiger charge is 2.43. The lowest BCUT2D eigenvalue weighted by Gasteiger charge is -2.43. The maximum Gasteiger partial charge on any atom is 0.317 e. The molecular formula is C29H47FN4O3. The van der Waals surface area contributed by atoms with Gasteiger partial charge in [0.05, 0.1) is 5.60 Å². The molecule has 0 aromatic heterocycles. The van der Waals surface area contributed by atoms with E-state index < -0.39 is 11.4 Å². The molecule has 1 aromatic rings. The van der Waals surface area contributed by atoms with Gasteiger partial charge in [0.25, 0.3) is 0 Å². The van der Waals surface area contributed by atoms with Crippen LogP contribution in [-0.2, 0) is 10.4 Å². The number of likely N-dealkylation sites (tertiary alicyclic amines) is 1. The van der Waals surface area contributed by atoms with Crippen LogP contribution < -0.4 is 16.0 Å². The van der Waals surface area contributed by atoms with Gasteiger partial charge in [0.2, 0.25) is 5.91 Å². The number of rotatable bonds is 11. The first-order chi connectivity index (χ1) is 17.7. The number of nitrogens with zero attached hydrogens (tertiary/aromatic N) is 1. The van der Waals surface area contributed by atoms with Crippen molar-refractivity contribution in [2.24, 2.45) is 11.8 Å². The van der Waals surface area contributed by atoms with Crippen molar-refractivity contribution in [2.45, 2.75) is 89.7 Å². The molecule has 1 aromatic carbocycles. The number of nitrogens with one attached hydrogen (secondary N) is 3. The molecule has 1 saturated carbocycles. The van der Waals surface area contributed by atoms with E-state index in [1.807, 2.05) is 14.0 Å². The lowest BCUT2D eigenvalue weighted by atomic mass is 9.73. The second-order valence-electron chi connectivity index (χ2n) is 11.2. The Morgan fingerprint density at radius 1 is 1.19 bits per heavy atom. The molecule has 4 N–H and O–H groups in total. The monoisotopic (exact) mass is 518 g/mol. The molecule has 7 nitrogen and oxygen atoms in total. The number of urea groups is 1. The van der Waals surface area contributed by atoms with Crippen molar-refractivity contribution in [2.75, 3.05) is 33.2 Å². The van der Waals surface area contributed by atoms with E-state index in [1.165, 1.54) is 45.1 Å². The minimum Gasteiger partial charge on any atom is -0.385 e. The molecule has 1 aliphatic heterocycles. The van der Waals surface area contributed by atoms with Crippen LogP contribution in [0.3, 0.4) is 0 Å². The van der Waals surface area contributed by atoms with Gasteiger partial charge < -0.3 is 26.0 Å². The maximum absolute atomic E-state index is 15.1. The highest BCUT2D eigenvalue weighted by atomic mass is 19.1. The third kappa shape index (κ3) is 8.40. The zero-order chi connectivity index (χ0) is 26.8. The van der Waals surface area contributed by atoms with Gasteiger partial charge >= 0.3 is 6.03 Å². The van der Waals surface area contributed by atoms with Crippen LogP contribution in [0.2, 0.25) is 0 Å². The summed E-state index contributed by atoms with van der Waals surface area (Å²) in [5.74, 6) is -0.216. The van der Waals surface area contributed by atoms with E-state index >= 15 is 4.39 Å². The van der Waals surface area contributed by atoms with Gasteiger partial charge in [-0.3, -0.25) is 4.79 Å². The Morgan fingerprint density at radius 3 is 2.65 bits per heavy atom. The highest BCUT2D eigenvalue weighted by Crippen LogP contribution is 2.41. The number of piperidine rings is 1. The van der Waals surface area contributed by atoms with Gasteiger partial charge in [0.15, 0.2) is 0 Å². The fraction of sp³-hybridized carbons (Fsp3) is 0.724. The van der Waals surface area contributed by atoms with E-state index in [0.717, 1.165) is 24.9 Å². The number of aryl methyl sites for hydroxylation is 1. The quantitative estimate of drug-likeness (QED) is 0.330. The number of halogens is 1. The standard InChI is InChI=1S/C29H47FN4O3/c1-21-12-13-27(30)26(17-21)29(37,14-8-15-32-22(2)35)24-11-7-16-34(20-24)28(36)33-25(19-31-3)18-23-9-5-4-6-10-23/h12-13,17,23-25,31,37H,4-11,14-16,18-20H2,1-3H3,(H,32,35)(H,33,36). The van der Waals surface area contributed by atoms with Crippen LogP contribution in [0.5, 0.6) is 0 Å². The molecule has 8 heteroatoms. The summed E-state index contributed by atoms with van der Waals surface area (Å²) < 4.78 is 15.1. The molecule has 0 bridgehead atoms. The van der Waals surface area contributed by atoms with Gasteiger partial charge in [-0.05, 0) is 58.1 Å². The van der Waals surface area contributed by atoms with Crippen LogP contribution in [0.15, 0.2) is 18.2 Å². The molecule has 3 atom stereocenters. The van der Waals surface area contributed by atoms with Crippen molar-refractivity contribution in [3.63, 3.8) is 0 Å². The second-order valence-corrected chi connectivity index (χ2v) is 11.2. The van der Waals surface area contributed by atoms with Crippen LogP contribution in [-0.4, -0.2) is 61.2 Å². The van der Waals surface area contributed by atoms with Crippen LogP contribution in [0.4, 0.5) is 9.18 Å². The molecule has 3 rings (SSSR count). The largest absolute Gasteiger partial charge is 0.385 e. The van der Waals surface area contributed by atoms with Gasteiger partial charge in [0, 0.05) is 50.6 Å². The number of carbonyl (C=O) groups is 2. The van der Waals surface area contributed by atoms with E-state index in [-0.39, 0.29) is 29.5 Å². The summed E-state index contributed by atoms with van der Waals surface area (Å²) in [6.45, 7) is 5.47. The van der Waals surface area contributed by atoms with Crippen molar-refractivity contribution in [1.82, 2.24) is 20.9 Å². The molecule has 0 spiro atoms. The molecule has 37 heavy (non-hydrogen) atoms. The Balaban J connectivity index is 1.72. The first-order valence-electron chi connectivity index (χ1n) is 14.2. The number of benzene rings is 1. The predicted molar refractivity (Wildman–Crippen MR) is 145 cm³/mol. The number of amides is 3. The normalized spacial score (nSPS) is 21.2. The van der Waals surface area contributed by atoms with Crippen molar-refractivity contribution in [1.29, 1.82) is 0 Å². The highest BCUT2D eigenvalue weighted by molar-refractivity contribution is 5.74. The summed E-state index contributed by atoms with van der Waals surface area (Å²) in [5.41, 5.74) is -0.271. The summed E-state index contributed by atoms with van der Waals surface area (Å²) in [6.07, 6.45) is 9.56. The summed E-state index contributed by atoms with van der Waals surface area (Å²) >= 11 is 0. The zero-order valence-corrected chi connectivity index (χ0v) is 23.0.